The van der Waals surface area contributed by atoms with Crippen LogP contribution in [0.5, 0.6) is 0 Å². The first kappa shape index (κ1) is 6.93. The molecule has 0 aromatic carbocycles. The van der Waals surface area contributed by atoms with Crippen molar-refractivity contribution in [1.29, 1.82) is 0 Å². The monoisotopic (exact) mass is 146 g/mol. The van der Waals surface area contributed by atoms with Crippen LogP contribution in [0.25, 0.3) is 0 Å². The minimum Gasteiger partial charge on any atom is -0.465 e. The molecule has 9 heavy (non-hydrogen) atoms. The highest BCUT2D eigenvalue weighted by atomic mass is 32.2. The number of rotatable bonds is 3. The number of thioether (sulfide) groups is 1. The van der Waals surface area contributed by atoms with E-state index in [4.69, 9.17) is 4.74 Å². The van der Waals surface area contributed by atoms with Crippen LogP contribution in [0.3, 0.4) is 0 Å². The van der Waals surface area contributed by atoms with Crippen molar-refractivity contribution in [3.05, 3.63) is 0 Å². The van der Waals surface area contributed by atoms with Crippen LogP contribution in [0.4, 0.5) is 0 Å². The van der Waals surface area contributed by atoms with Crippen LogP contribution in [-0.4, -0.2) is 23.6 Å². The molecule has 1 fully saturated rings. The molecule has 0 radical (unpaired) electrons. The van der Waals surface area contributed by atoms with Crippen molar-refractivity contribution in [2.75, 3.05) is 12.4 Å². The van der Waals surface area contributed by atoms with Crippen molar-refractivity contribution in [3.8, 4) is 0 Å². The second-order valence-electron chi connectivity index (χ2n) is 1.99. The third-order valence-corrected chi connectivity index (χ3v) is 1.90. The predicted molar refractivity (Wildman–Crippen MR) is 37.5 cm³/mol. The largest absolute Gasteiger partial charge is 0.465 e. The Morgan fingerprint density at radius 2 is 2.56 bits per heavy atom. The molecule has 52 valence electrons. The summed E-state index contributed by atoms with van der Waals surface area (Å²) in [5, 5.41) is 0.177. The van der Waals surface area contributed by atoms with Crippen LogP contribution >= 0.6 is 11.8 Å². The first-order valence-electron chi connectivity index (χ1n) is 3.13. The first-order valence-corrected chi connectivity index (χ1v) is 4.17. The zero-order chi connectivity index (χ0) is 6.69. The highest BCUT2D eigenvalue weighted by Gasteiger charge is 2.32. The average Bonchev–Trinajstić information content (AvgIpc) is 2.63. The molecule has 1 saturated heterocycles. The molecule has 0 aliphatic carbocycles. The highest BCUT2D eigenvalue weighted by Crippen LogP contribution is 2.30. The summed E-state index contributed by atoms with van der Waals surface area (Å²) < 4.78 is 4.86. The van der Waals surface area contributed by atoms with Gasteiger partial charge in [0.25, 0.3) is 0 Å². The lowest BCUT2D eigenvalue weighted by Gasteiger charge is -1.97. The topological polar surface area (TPSA) is 26.3 Å². The Kier molecular flexibility index (Phi) is 2.39. The SMILES string of the molecule is CCCOC(=O)[C@H]1CS1. The molecule has 3 heteroatoms. The predicted octanol–water partition coefficient (Wildman–Crippen LogP) is 1.06. The molecule has 1 rings (SSSR count). The van der Waals surface area contributed by atoms with Crippen LogP contribution in [0, 0.1) is 0 Å². The summed E-state index contributed by atoms with van der Waals surface area (Å²) in [5.41, 5.74) is 0. The molecular formula is C6H10O2S. The van der Waals surface area contributed by atoms with Crippen molar-refractivity contribution in [2.45, 2.75) is 18.6 Å². The molecule has 1 atom stereocenters. The van der Waals surface area contributed by atoms with E-state index in [9.17, 15) is 4.79 Å². The normalized spacial score (nSPS) is 23.4. The lowest BCUT2D eigenvalue weighted by Crippen LogP contribution is -2.10. The molecule has 0 saturated carbocycles. The number of hydrogen-bond donors (Lipinski definition) is 0. The summed E-state index contributed by atoms with van der Waals surface area (Å²) in [6, 6.07) is 0. The van der Waals surface area contributed by atoms with E-state index in [2.05, 4.69) is 0 Å². The van der Waals surface area contributed by atoms with E-state index in [1.807, 2.05) is 6.92 Å². The maximum Gasteiger partial charge on any atom is 0.319 e. The van der Waals surface area contributed by atoms with E-state index >= 15 is 0 Å². The van der Waals surface area contributed by atoms with Crippen molar-refractivity contribution in [2.24, 2.45) is 0 Å². The van der Waals surface area contributed by atoms with Gasteiger partial charge in [0.05, 0.1) is 6.61 Å². The van der Waals surface area contributed by atoms with Crippen molar-refractivity contribution in [1.82, 2.24) is 0 Å². The van der Waals surface area contributed by atoms with Gasteiger partial charge in [-0.2, -0.15) is 0 Å². The summed E-state index contributed by atoms with van der Waals surface area (Å²) in [7, 11) is 0. The van der Waals surface area contributed by atoms with Gasteiger partial charge < -0.3 is 4.74 Å². The summed E-state index contributed by atoms with van der Waals surface area (Å²) in [6.45, 7) is 2.57. The Balaban J connectivity index is 2.03. The number of ether oxygens (including phenoxy) is 1. The van der Waals surface area contributed by atoms with Gasteiger partial charge >= 0.3 is 5.97 Å². The van der Waals surface area contributed by atoms with E-state index in [1.165, 1.54) is 0 Å². The molecule has 0 unspecified atom stereocenters. The fourth-order valence-electron chi connectivity index (χ4n) is 0.480. The number of carbonyl (C=O) groups is 1. The lowest BCUT2D eigenvalue weighted by atomic mass is 10.5. The molecule has 2 nitrogen and oxygen atoms in total. The Bertz CT molecular complexity index is 110. The van der Waals surface area contributed by atoms with Gasteiger partial charge in [0.2, 0.25) is 0 Å². The molecule has 1 heterocycles. The number of hydrogen-bond acceptors (Lipinski definition) is 3. The van der Waals surface area contributed by atoms with Crippen molar-refractivity contribution >= 4 is 17.7 Å². The van der Waals surface area contributed by atoms with E-state index in [0.29, 0.717) is 6.61 Å². The molecule has 0 aromatic rings. The van der Waals surface area contributed by atoms with Crippen molar-refractivity contribution in [3.63, 3.8) is 0 Å². The minimum atomic E-state index is -0.0261. The molecule has 1 aliphatic heterocycles. The Labute approximate surface area is 59.0 Å². The van der Waals surface area contributed by atoms with Crippen LogP contribution in [0.15, 0.2) is 0 Å². The van der Waals surface area contributed by atoms with E-state index in [0.717, 1.165) is 12.2 Å². The van der Waals surface area contributed by atoms with Gasteiger partial charge in [0.15, 0.2) is 0 Å². The average molecular weight is 146 g/mol. The van der Waals surface area contributed by atoms with Crippen LogP contribution in [0.1, 0.15) is 13.3 Å². The summed E-state index contributed by atoms with van der Waals surface area (Å²) in [4.78, 5) is 10.7. The smallest absolute Gasteiger partial charge is 0.319 e. The Morgan fingerprint density at radius 3 is 3.00 bits per heavy atom. The first-order chi connectivity index (χ1) is 4.34. The summed E-state index contributed by atoms with van der Waals surface area (Å²) >= 11 is 1.65. The molecule has 0 aromatic heterocycles. The van der Waals surface area contributed by atoms with Gasteiger partial charge in [-0.3, -0.25) is 4.79 Å². The van der Waals surface area contributed by atoms with Gasteiger partial charge in [-0.25, -0.2) is 0 Å². The third-order valence-electron chi connectivity index (χ3n) is 1.04. The van der Waals surface area contributed by atoms with E-state index in [1.54, 1.807) is 11.8 Å². The van der Waals surface area contributed by atoms with E-state index < -0.39 is 0 Å². The molecule has 1 aliphatic rings. The zero-order valence-electron chi connectivity index (χ0n) is 5.42. The zero-order valence-corrected chi connectivity index (χ0v) is 6.24. The lowest BCUT2D eigenvalue weighted by molar-refractivity contribution is -0.141. The van der Waals surface area contributed by atoms with Crippen LogP contribution in [-0.2, 0) is 9.53 Å². The standard InChI is InChI=1S/C6H10O2S/c1-2-3-8-6(7)5-4-9-5/h5H,2-4H2,1H3/t5-/m1/s1. The molecule has 0 spiro atoms. The second kappa shape index (κ2) is 3.11. The molecule has 0 bridgehead atoms. The van der Waals surface area contributed by atoms with Gasteiger partial charge in [0.1, 0.15) is 5.25 Å². The maximum atomic E-state index is 10.7. The molecule has 0 N–H and O–H groups in total. The van der Waals surface area contributed by atoms with Gasteiger partial charge in [-0.1, -0.05) is 6.92 Å². The third kappa shape index (κ3) is 2.26. The minimum absolute atomic E-state index is 0.0261. The second-order valence-corrected chi connectivity index (χ2v) is 3.23. The summed E-state index contributed by atoms with van der Waals surface area (Å²) in [6.07, 6.45) is 0.920. The van der Waals surface area contributed by atoms with Crippen molar-refractivity contribution < 1.29 is 9.53 Å². The fraction of sp³-hybridized carbons (Fsp3) is 0.833. The quantitative estimate of drug-likeness (QED) is 0.440. The van der Waals surface area contributed by atoms with E-state index in [-0.39, 0.29) is 11.2 Å². The van der Waals surface area contributed by atoms with Gasteiger partial charge in [-0.05, 0) is 6.42 Å². The molecular weight excluding hydrogens is 136 g/mol. The Morgan fingerprint density at radius 1 is 1.89 bits per heavy atom. The highest BCUT2D eigenvalue weighted by molar-refractivity contribution is 8.07. The summed E-state index contributed by atoms with van der Waals surface area (Å²) in [5.74, 6) is 0.935. The molecule has 0 amide bonds. The Hall–Kier alpha value is -0.180. The van der Waals surface area contributed by atoms with Gasteiger partial charge in [0, 0.05) is 5.75 Å². The maximum absolute atomic E-state index is 10.7. The van der Waals surface area contributed by atoms with Crippen LogP contribution in [0.2, 0.25) is 0 Å². The van der Waals surface area contributed by atoms with Crippen LogP contribution < -0.4 is 0 Å². The van der Waals surface area contributed by atoms with Gasteiger partial charge in [-0.15, -0.1) is 11.8 Å². The number of carbonyl (C=O) groups excluding carboxylic acids is 1. The number of esters is 1. The fourth-order valence-corrected chi connectivity index (χ4v) is 0.916.